The Hall–Kier alpha value is -2.28. The van der Waals surface area contributed by atoms with E-state index in [9.17, 15) is 14.4 Å². The van der Waals surface area contributed by atoms with Crippen LogP contribution in [-0.2, 0) is 14.3 Å². The molecular formula is C17H23ClN2O5. The SMILES string of the molecule is Cc1cc(Cl)ccc1OCCCC(=O)OCC(=O)NC(=O)NC(C)C. The van der Waals surface area contributed by atoms with Crippen molar-refractivity contribution in [3.63, 3.8) is 0 Å². The summed E-state index contributed by atoms with van der Waals surface area (Å²) in [6.07, 6.45) is 0.550. The Morgan fingerprint density at radius 2 is 1.96 bits per heavy atom. The van der Waals surface area contributed by atoms with Crippen molar-refractivity contribution in [1.82, 2.24) is 10.6 Å². The van der Waals surface area contributed by atoms with Crippen LogP contribution in [0.4, 0.5) is 4.79 Å². The van der Waals surface area contributed by atoms with Crippen molar-refractivity contribution >= 4 is 29.5 Å². The second kappa shape index (κ2) is 10.6. The second-order valence-electron chi connectivity index (χ2n) is 5.70. The van der Waals surface area contributed by atoms with Gasteiger partial charge in [0.1, 0.15) is 5.75 Å². The van der Waals surface area contributed by atoms with Crippen LogP contribution in [0.15, 0.2) is 18.2 Å². The van der Waals surface area contributed by atoms with Gasteiger partial charge in [0.05, 0.1) is 6.61 Å². The Balaban J connectivity index is 2.18. The average Bonchev–Trinajstić information content (AvgIpc) is 2.50. The molecule has 0 saturated heterocycles. The van der Waals surface area contributed by atoms with Gasteiger partial charge >= 0.3 is 12.0 Å². The minimum Gasteiger partial charge on any atom is -0.493 e. The third kappa shape index (κ3) is 8.95. The summed E-state index contributed by atoms with van der Waals surface area (Å²) in [5.74, 6) is -0.510. The van der Waals surface area contributed by atoms with Crippen molar-refractivity contribution in [3.8, 4) is 5.75 Å². The summed E-state index contributed by atoms with van der Waals surface area (Å²) in [6, 6.07) is 4.57. The molecule has 1 aromatic carbocycles. The summed E-state index contributed by atoms with van der Waals surface area (Å²) in [5, 5.41) is 5.19. The fraction of sp³-hybridized carbons (Fsp3) is 0.471. The maximum absolute atomic E-state index is 11.6. The molecule has 0 aliphatic carbocycles. The highest BCUT2D eigenvalue weighted by molar-refractivity contribution is 6.30. The predicted molar refractivity (Wildman–Crippen MR) is 93.7 cm³/mol. The molecule has 1 aromatic rings. The van der Waals surface area contributed by atoms with Crippen LogP contribution in [0.2, 0.25) is 5.02 Å². The molecule has 138 valence electrons. The number of ether oxygens (including phenoxy) is 2. The van der Waals surface area contributed by atoms with Crippen molar-refractivity contribution in [2.45, 2.75) is 39.7 Å². The van der Waals surface area contributed by atoms with Crippen LogP contribution in [0.5, 0.6) is 5.75 Å². The number of imide groups is 1. The molecule has 3 amide bonds. The summed E-state index contributed by atoms with van der Waals surface area (Å²) in [7, 11) is 0. The molecule has 0 aliphatic rings. The van der Waals surface area contributed by atoms with Gasteiger partial charge in [-0.05, 0) is 51.0 Å². The number of halogens is 1. The number of hydrogen-bond donors (Lipinski definition) is 2. The van der Waals surface area contributed by atoms with Crippen molar-refractivity contribution in [1.29, 1.82) is 0 Å². The molecule has 0 aliphatic heterocycles. The lowest BCUT2D eigenvalue weighted by atomic mass is 10.2. The van der Waals surface area contributed by atoms with E-state index in [0.717, 1.165) is 5.56 Å². The molecular weight excluding hydrogens is 348 g/mol. The molecule has 8 heteroatoms. The number of benzene rings is 1. The molecule has 0 aromatic heterocycles. The summed E-state index contributed by atoms with van der Waals surface area (Å²) in [4.78, 5) is 34.3. The first-order valence-electron chi connectivity index (χ1n) is 7.93. The third-order valence-corrected chi connectivity index (χ3v) is 3.19. The van der Waals surface area contributed by atoms with E-state index in [1.807, 2.05) is 6.92 Å². The van der Waals surface area contributed by atoms with Gasteiger partial charge in [-0.15, -0.1) is 0 Å². The summed E-state index contributed by atoms with van der Waals surface area (Å²) < 4.78 is 10.4. The van der Waals surface area contributed by atoms with Gasteiger partial charge in [0.25, 0.3) is 5.91 Å². The maximum atomic E-state index is 11.6. The third-order valence-electron chi connectivity index (χ3n) is 2.96. The van der Waals surface area contributed by atoms with E-state index in [4.69, 9.17) is 21.1 Å². The van der Waals surface area contributed by atoms with Gasteiger partial charge in [0, 0.05) is 17.5 Å². The zero-order chi connectivity index (χ0) is 18.8. The van der Waals surface area contributed by atoms with Gasteiger partial charge in [0.15, 0.2) is 6.61 Å². The van der Waals surface area contributed by atoms with Crippen LogP contribution in [0.3, 0.4) is 0 Å². The van der Waals surface area contributed by atoms with Crippen LogP contribution in [-0.4, -0.2) is 37.2 Å². The van der Waals surface area contributed by atoms with Gasteiger partial charge < -0.3 is 14.8 Å². The molecule has 0 saturated carbocycles. The van der Waals surface area contributed by atoms with Gasteiger partial charge in [-0.25, -0.2) is 4.79 Å². The first-order chi connectivity index (χ1) is 11.8. The molecule has 0 spiro atoms. The molecule has 0 radical (unpaired) electrons. The molecule has 25 heavy (non-hydrogen) atoms. The highest BCUT2D eigenvalue weighted by Crippen LogP contribution is 2.21. The number of hydrogen-bond acceptors (Lipinski definition) is 5. The van der Waals surface area contributed by atoms with E-state index in [1.54, 1.807) is 32.0 Å². The van der Waals surface area contributed by atoms with E-state index < -0.39 is 24.5 Å². The van der Waals surface area contributed by atoms with Crippen molar-refractivity contribution < 1.29 is 23.9 Å². The Morgan fingerprint density at radius 1 is 1.24 bits per heavy atom. The lowest BCUT2D eigenvalue weighted by molar-refractivity contribution is -0.148. The number of aryl methyl sites for hydroxylation is 1. The van der Waals surface area contributed by atoms with E-state index in [0.29, 0.717) is 23.8 Å². The Labute approximate surface area is 152 Å². The molecule has 2 N–H and O–H groups in total. The van der Waals surface area contributed by atoms with E-state index in [2.05, 4.69) is 10.6 Å². The van der Waals surface area contributed by atoms with Gasteiger partial charge in [-0.1, -0.05) is 11.6 Å². The second-order valence-corrected chi connectivity index (χ2v) is 6.14. The molecule has 0 unspecified atom stereocenters. The topological polar surface area (TPSA) is 93.7 Å². The van der Waals surface area contributed by atoms with E-state index >= 15 is 0 Å². The Kier molecular flexibility index (Phi) is 8.77. The standard InChI is InChI=1S/C17H23ClN2O5/c1-11(2)19-17(23)20-15(21)10-25-16(22)5-4-8-24-14-7-6-13(18)9-12(14)3/h6-7,9,11H,4-5,8,10H2,1-3H3,(H2,19,20,21,23). The summed E-state index contributed by atoms with van der Waals surface area (Å²) >= 11 is 5.86. The molecule has 0 heterocycles. The molecule has 0 atom stereocenters. The molecule has 0 fully saturated rings. The van der Waals surface area contributed by atoms with E-state index in [1.165, 1.54) is 0 Å². The Morgan fingerprint density at radius 3 is 2.60 bits per heavy atom. The highest BCUT2D eigenvalue weighted by atomic mass is 35.5. The quantitative estimate of drug-likeness (QED) is 0.542. The lowest BCUT2D eigenvalue weighted by Gasteiger charge is -2.10. The van der Waals surface area contributed by atoms with Crippen LogP contribution >= 0.6 is 11.6 Å². The first-order valence-corrected chi connectivity index (χ1v) is 8.30. The van der Waals surface area contributed by atoms with Crippen molar-refractivity contribution in [3.05, 3.63) is 28.8 Å². The molecule has 1 rings (SSSR count). The minimum atomic E-state index is -0.681. The normalized spacial score (nSPS) is 10.3. The number of rotatable bonds is 8. The number of amides is 3. The maximum Gasteiger partial charge on any atom is 0.321 e. The fourth-order valence-electron chi connectivity index (χ4n) is 1.85. The van der Waals surface area contributed by atoms with Crippen LogP contribution in [0.1, 0.15) is 32.3 Å². The van der Waals surface area contributed by atoms with Gasteiger partial charge in [-0.3, -0.25) is 14.9 Å². The number of esters is 1. The van der Waals surface area contributed by atoms with Crippen molar-refractivity contribution in [2.24, 2.45) is 0 Å². The van der Waals surface area contributed by atoms with Crippen LogP contribution < -0.4 is 15.4 Å². The fourth-order valence-corrected chi connectivity index (χ4v) is 2.08. The van der Waals surface area contributed by atoms with E-state index in [-0.39, 0.29) is 12.5 Å². The van der Waals surface area contributed by atoms with Crippen LogP contribution in [0.25, 0.3) is 0 Å². The average molecular weight is 371 g/mol. The summed E-state index contributed by atoms with van der Waals surface area (Å²) in [6.45, 7) is 5.24. The zero-order valence-electron chi connectivity index (χ0n) is 14.6. The lowest BCUT2D eigenvalue weighted by Crippen LogP contribution is -2.44. The number of carbonyl (C=O) groups is 3. The monoisotopic (exact) mass is 370 g/mol. The Bertz CT molecular complexity index is 619. The zero-order valence-corrected chi connectivity index (χ0v) is 15.3. The highest BCUT2D eigenvalue weighted by Gasteiger charge is 2.11. The predicted octanol–water partition coefficient (Wildman–Crippen LogP) is 2.58. The number of urea groups is 1. The van der Waals surface area contributed by atoms with Crippen LogP contribution in [0, 0.1) is 6.92 Å². The summed E-state index contributed by atoms with van der Waals surface area (Å²) in [5.41, 5.74) is 0.909. The van der Waals surface area contributed by atoms with Crippen molar-refractivity contribution in [2.75, 3.05) is 13.2 Å². The smallest absolute Gasteiger partial charge is 0.321 e. The largest absolute Gasteiger partial charge is 0.493 e. The van der Waals surface area contributed by atoms with Gasteiger partial charge in [0.2, 0.25) is 0 Å². The molecule has 7 nitrogen and oxygen atoms in total. The number of nitrogens with one attached hydrogen (secondary N) is 2. The van der Waals surface area contributed by atoms with Gasteiger partial charge in [-0.2, -0.15) is 0 Å². The first kappa shape index (κ1) is 20.8. The minimum absolute atomic E-state index is 0.0976. The molecule has 0 bridgehead atoms. The number of carbonyl (C=O) groups excluding carboxylic acids is 3.